The zero-order chi connectivity index (χ0) is 24.8. The topological polar surface area (TPSA) is 71.5 Å². The quantitative estimate of drug-likeness (QED) is 0.403. The highest BCUT2D eigenvalue weighted by Gasteiger charge is 2.23. The number of amides is 1. The van der Waals surface area contributed by atoms with Crippen LogP contribution in [-0.2, 0) is 16.0 Å². The largest absolute Gasteiger partial charge is 0.469 e. The van der Waals surface area contributed by atoms with E-state index >= 15 is 0 Å². The average Bonchev–Trinajstić information content (AvgIpc) is 3.28. The number of esters is 1. The van der Waals surface area contributed by atoms with Gasteiger partial charge in [-0.25, -0.2) is 4.98 Å². The zero-order valence-corrected chi connectivity index (χ0v) is 21.6. The number of carbonyl (C=O) groups is 2. The molecule has 3 aromatic rings. The average molecular weight is 512 g/mol. The van der Waals surface area contributed by atoms with Gasteiger partial charge in [0.05, 0.1) is 12.8 Å². The second-order valence-corrected chi connectivity index (χ2v) is 10.2. The third-order valence-electron chi connectivity index (χ3n) is 6.32. The van der Waals surface area contributed by atoms with Gasteiger partial charge in [0.25, 0.3) is 5.91 Å². The molecule has 0 radical (unpaired) electrons. The fourth-order valence-electron chi connectivity index (χ4n) is 4.46. The number of aromatic nitrogens is 1. The Labute approximate surface area is 215 Å². The molecule has 1 saturated heterocycles. The van der Waals surface area contributed by atoms with Crippen molar-refractivity contribution in [1.82, 2.24) is 10.3 Å². The van der Waals surface area contributed by atoms with Crippen LogP contribution in [0.2, 0.25) is 5.02 Å². The van der Waals surface area contributed by atoms with E-state index in [1.54, 1.807) is 0 Å². The standard InChI is InChI=1S/C27H30ClN3O3S/c1-18-25(35-27(30-18)21-9-12-22(28)13-10-21)26(33)29-16-19-6-5-15-31(17-19)23-8-4-3-7-20(23)11-14-24(32)34-2/h3-4,7-10,12-13,19H,5-6,11,14-17H2,1-2H3,(H,29,33). The predicted molar refractivity (Wildman–Crippen MR) is 141 cm³/mol. The lowest BCUT2D eigenvalue weighted by atomic mass is 9.96. The highest BCUT2D eigenvalue weighted by atomic mass is 35.5. The first-order valence-corrected chi connectivity index (χ1v) is 13.0. The number of nitrogens with zero attached hydrogens (tertiary/aromatic N) is 2. The first kappa shape index (κ1) is 25.2. The fourth-order valence-corrected chi connectivity index (χ4v) is 5.57. The van der Waals surface area contributed by atoms with Crippen LogP contribution in [0.15, 0.2) is 48.5 Å². The molecule has 1 fully saturated rings. The van der Waals surface area contributed by atoms with E-state index in [1.807, 2.05) is 43.3 Å². The van der Waals surface area contributed by atoms with Crippen molar-refractivity contribution in [2.24, 2.45) is 5.92 Å². The first-order valence-electron chi connectivity index (χ1n) is 11.9. The van der Waals surface area contributed by atoms with E-state index in [4.69, 9.17) is 16.3 Å². The molecule has 1 aliphatic rings. The molecule has 1 atom stereocenters. The predicted octanol–water partition coefficient (Wildman–Crippen LogP) is 5.52. The van der Waals surface area contributed by atoms with E-state index in [0.29, 0.717) is 35.2 Å². The summed E-state index contributed by atoms with van der Waals surface area (Å²) in [7, 11) is 1.42. The SMILES string of the molecule is COC(=O)CCc1ccccc1N1CCCC(CNC(=O)c2sc(-c3ccc(Cl)cc3)nc2C)C1. The number of piperidine rings is 1. The maximum absolute atomic E-state index is 13.0. The van der Waals surface area contributed by atoms with Crippen molar-refractivity contribution in [3.05, 3.63) is 69.7 Å². The van der Waals surface area contributed by atoms with Crippen LogP contribution in [0.4, 0.5) is 5.69 Å². The second-order valence-electron chi connectivity index (χ2n) is 8.81. The van der Waals surface area contributed by atoms with Gasteiger partial charge >= 0.3 is 5.97 Å². The van der Waals surface area contributed by atoms with Crippen molar-refractivity contribution >= 4 is 40.5 Å². The van der Waals surface area contributed by atoms with Crippen molar-refractivity contribution in [1.29, 1.82) is 0 Å². The first-order chi connectivity index (χ1) is 16.9. The number of para-hydroxylation sites is 1. The number of hydrogen-bond donors (Lipinski definition) is 1. The Hall–Kier alpha value is -2.90. The number of rotatable bonds is 8. The third kappa shape index (κ3) is 6.41. The summed E-state index contributed by atoms with van der Waals surface area (Å²) in [5.41, 5.74) is 4.01. The van der Waals surface area contributed by atoms with Crippen LogP contribution in [0.5, 0.6) is 0 Å². The number of hydrogen-bond acceptors (Lipinski definition) is 6. The monoisotopic (exact) mass is 511 g/mol. The number of thiazole rings is 1. The minimum absolute atomic E-state index is 0.0733. The molecule has 6 nitrogen and oxygen atoms in total. The lowest BCUT2D eigenvalue weighted by Crippen LogP contribution is -2.41. The normalized spacial score (nSPS) is 15.6. The van der Waals surface area contributed by atoms with Crippen LogP contribution < -0.4 is 10.2 Å². The minimum Gasteiger partial charge on any atom is -0.469 e. The minimum atomic E-state index is -0.198. The Kier molecular flexibility index (Phi) is 8.42. The number of nitrogens with one attached hydrogen (secondary N) is 1. The molecule has 2 heterocycles. The summed E-state index contributed by atoms with van der Waals surface area (Å²) in [6.45, 7) is 4.33. The summed E-state index contributed by atoms with van der Waals surface area (Å²) in [4.78, 5) is 32.2. The van der Waals surface area contributed by atoms with Crippen LogP contribution in [0.25, 0.3) is 10.6 Å². The molecule has 4 rings (SSSR count). The lowest BCUT2D eigenvalue weighted by molar-refractivity contribution is -0.140. The van der Waals surface area contributed by atoms with Gasteiger partial charge in [0.1, 0.15) is 9.88 Å². The molecule has 0 spiro atoms. The summed E-state index contributed by atoms with van der Waals surface area (Å²) in [6.07, 6.45) is 3.15. The van der Waals surface area contributed by atoms with Crippen LogP contribution in [-0.4, -0.2) is 43.6 Å². The molecule has 8 heteroatoms. The number of ether oxygens (including phenoxy) is 1. The van der Waals surface area contributed by atoms with Crippen molar-refractivity contribution in [3.63, 3.8) is 0 Å². The van der Waals surface area contributed by atoms with Crippen LogP contribution >= 0.6 is 22.9 Å². The van der Waals surface area contributed by atoms with E-state index in [9.17, 15) is 9.59 Å². The fraction of sp³-hybridized carbons (Fsp3) is 0.370. The van der Waals surface area contributed by atoms with Crippen molar-refractivity contribution < 1.29 is 14.3 Å². The van der Waals surface area contributed by atoms with Crippen LogP contribution in [0, 0.1) is 12.8 Å². The molecule has 2 aromatic carbocycles. The third-order valence-corrected chi connectivity index (χ3v) is 7.78. The second kappa shape index (κ2) is 11.7. The Balaban J connectivity index is 1.37. The van der Waals surface area contributed by atoms with Gasteiger partial charge in [0.15, 0.2) is 0 Å². The Morgan fingerprint density at radius 1 is 1.20 bits per heavy atom. The lowest BCUT2D eigenvalue weighted by Gasteiger charge is -2.35. The number of methoxy groups -OCH3 is 1. The Bertz CT molecular complexity index is 1180. The maximum Gasteiger partial charge on any atom is 0.305 e. The smallest absolute Gasteiger partial charge is 0.305 e. The van der Waals surface area contributed by atoms with Gasteiger partial charge in [0, 0.05) is 42.3 Å². The highest BCUT2D eigenvalue weighted by Crippen LogP contribution is 2.30. The summed E-state index contributed by atoms with van der Waals surface area (Å²) in [5, 5.41) is 4.63. The van der Waals surface area contributed by atoms with Gasteiger partial charge in [-0.1, -0.05) is 41.9 Å². The number of carbonyl (C=O) groups excluding carboxylic acids is 2. The summed E-state index contributed by atoms with van der Waals surface area (Å²) in [6, 6.07) is 15.7. The van der Waals surface area contributed by atoms with Crippen molar-refractivity contribution in [3.8, 4) is 10.6 Å². The molecule has 1 N–H and O–H groups in total. The van der Waals surface area contributed by atoms with E-state index in [0.717, 1.165) is 47.8 Å². The Morgan fingerprint density at radius 2 is 1.97 bits per heavy atom. The molecular formula is C27H30ClN3O3S. The molecule has 35 heavy (non-hydrogen) atoms. The molecule has 0 saturated carbocycles. The molecule has 184 valence electrons. The number of halogens is 1. The number of anilines is 1. The van der Waals surface area contributed by atoms with Crippen LogP contribution in [0.3, 0.4) is 0 Å². The molecular weight excluding hydrogens is 482 g/mol. The van der Waals surface area contributed by atoms with Crippen molar-refractivity contribution in [2.45, 2.75) is 32.6 Å². The maximum atomic E-state index is 13.0. The molecule has 0 bridgehead atoms. The van der Waals surface area contributed by atoms with Gasteiger partial charge in [0.2, 0.25) is 0 Å². The highest BCUT2D eigenvalue weighted by molar-refractivity contribution is 7.17. The van der Waals surface area contributed by atoms with E-state index in [-0.39, 0.29) is 11.9 Å². The Morgan fingerprint density at radius 3 is 2.74 bits per heavy atom. The number of aryl methyl sites for hydroxylation is 2. The van der Waals surface area contributed by atoms with Gasteiger partial charge in [-0.2, -0.15) is 0 Å². The van der Waals surface area contributed by atoms with Crippen molar-refractivity contribution in [2.75, 3.05) is 31.6 Å². The van der Waals surface area contributed by atoms with Gasteiger partial charge in [-0.05, 0) is 55.9 Å². The van der Waals surface area contributed by atoms with Gasteiger partial charge < -0.3 is 15.0 Å². The van der Waals surface area contributed by atoms with Gasteiger partial charge in [-0.15, -0.1) is 11.3 Å². The zero-order valence-electron chi connectivity index (χ0n) is 20.1. The molecule has 1 aliphatic heterocycles. The summed E-state index contributed by atoms with van der Waals surface area (Å²) < 4.78 is 4.80. The van der Waals surface area contributed by atoms with Gasteiger partial charge in [-0.3, -0.25) is 9.59 Å². The van der Waals surface area contributed by atoms with Crippen LogP contribution in [0.1, 0.15) is 40.2 Å². The van der Waals surface area contributed by atoms with E-state index in [2.05, 4.69) is 27.3 Å². The molecule has 1 aromatic heterocycles. The number of benzene rings is 2. The summed E-state index contributed by atoms with van der Waals surface area (Å²) >= 11 is 7.40. The molecule has 0 aliphatic carbocycles. The molecule has 1 amide bonds. The molecule has 1 unspecified atom stereocenters. The van der Waals surface area contributed by atoms with E-state index < -0.39 is 0 Å². The van der Waals surface area contributed by atoms with E-state index in [1.165, 1.54) is 24.1 Å². The summed E-state index contributed by atoms with van der Waals surface area (Å²) in [5.74, 6) is 0.0813.